The second kappa shape index (κ2) is 10.6. The molecule has 1 aromatic heterocycles. The minimum absolute atomic E-state index is 0.0227. The van der Waals surface area contributed by atoms with E-state index in [1.54, 1.807) is 24.3 Å². The third-order valence-corrected chi connectivity index (χ3v) is 6.26. The fourth-order valence-corrected chi connectivity index (χ4v) is 4.07. The lowest BCUT2D eigenvalue weighted by Gasteiger charge is -2.25. The van der Waals surface area contributed by atoms with E-state index < -0.39 is 17.2 Å². The molecule has 1 aliphatic carbocycles. The van der Waals surface area contributed by atoms with Gasteiger partial charge in [0.2, 0.25) is 5.91 Å². The van der Waals surface area contributed by atoms with Crippen LogP contribution in [0.2, 0.25) is 0 Å². The summed E-state index contributed by atoms with van der Waals surface area (Å²) in [6.07, 6.45) is 0.843. The molecule has 1 heterocycles. The molecular formula is C26H29N5O5. The van der Waals surface area contributed by atoms with Gasteiger partial charge in [-0.1, -0.05) is 43.3 Å². The predicted molar refractivity (Wildman–Crippen MR) is 137 cm³/mol. The van der Waals surface area contributed by atoms with E-state index in [9.17, 15) is 19.2 Å². The minimum atomic E-state index is -0.775. The molecule has 10 nitrogen and oxygen atoms in total. The van der Waals surface area contributed by atoms with Crippen molar-refractivity contribution in [3.05, 3.63) is 86.6 Å². The number of nitrogen functional groups attached to an aromatic ring is 1. The number of anilines is 3. The third kappa shape index (κ3) is 5.38. The maximum absolute atomic E-state index is 13.8. The van der Waals surface area contributed by atoms with Crippen molar-refractivity contribution in [3.63, 3.8) is 0 Å². The summed E-state index contributed by atoms with van der Waals surface area (Å²) >= 11 is 0. The summed E-state index contributed by atoms with van der Waals surface area (Å²) in [5.74, 6) is -0.412. The Morgan fingerprint density at radius 1 is 1.17 bits per heavy atom. The number of benzene rings is 2. The molecule has 4 N–H and O–H groups in total. The Balaban J connectivity index is 1.74. The van der Waals surface area contributed by atoms with Crippen molar-refractivity contribution in [3.8, 4) is 0 Å². The molecule has 36 heavy (non-hydrogen) atoms. The zero-order chi connectivity index (χ0) is 25.8. The lowest BCUT2D eigenvalue weighted by Crippen LogP contribution is -2.41. The van der Waals surface area contributed by atoms with Crippen LogP contribution < -0.4 is 27.2 Å². The molecule has 0 radical (unpaired) electrons. The van der Waals surface area contributed by atoms with Crippen molar-refractivity contribution in [2.45, 2.75) is 26.4 Å². The number of hydrogen-bond acceptors (Lipinski definition) is 6. The van der Waals surface area contributed by atoms with Crippen LogP contribution in [0.15, 0.2) is 64.2 Å². The van der Waals surface area contributed by atoms with Crippen LogP contribution in [0.3, 0.4) is 0 Å². The number of carbonyl (C=O) groups is 2. The summed E-state index contributed by atoms with van der Waals surface area (Å²) in [5.41, 5.74) is 6.17. The van der Waals surface area contributed by atoms with Crippen LogP contribution in [0.4, 0.5) is 17.2 Å². The second-order valence-electron chi connectivity index (χ2n) is 8.90. The molecule has 2 unspecified atom stereocenters. The van der Waals surface area contributed by atoms with E-state index >= 15 is 0 Å². The largest absolute Gasteiger partial charge is 0.383 e. The van der Waals surface area contributed by atoms with Crippen molar-refractivity contribution >= 4 is 29.0 Å². The quantitative estimate of drug-likeness (QED) is 0.419. The number of rotatable bonds is 9. The average molecular weight is 492 g/mol. The Bertz CT molecular complexity index is 1380. The Kier molecular flexibility index (Phi) is 7.35. The van der Waals surface area contributed by atoms with Gasteiger partial charge in [-0.3, -0.25) is 28.8 Å². The summed E-state index contributed by atoms with van der Waals surface area (Å²) in [4.78, 5) is 55.0. The van der Waals surface area contributed by atoms with E-state index in [0.717, 1.165) is 12.0 Å². The fraction of sp³-hybridized carbons (Fsp3) is 0.308. The number of H-pyrrole nitrogens is 1. The van der Waals surface area contributed by atoms with Crippen LogP contribution in [0, 0.1) is 11.8 Å². The zero-order valence-corrected chi connectivity index (χ0v) is 20.2. The van der Waals surface area contributed by atoms with Gasteiger partial charge in [0.25, 0.3) is 11.5 Å². The number of aromatic nitrogens is 2. The van der Waals surface area contributed by atoms with Crippen LogP contribution in [0.5, 0.6) is 0 Å². The van der Waals surface area contributed by atoms with E-state index in [0.29, 0.717) is 11.6 Å². The molecule has 1 saturated carbocycles. The molecule has 4 rings (SSSR count). The fourth-order valence-electron chi connectivity index (χ4n) is 4.07. The Labute approximate surface area is 207 Å². The summed E-state index contributed by atoms with van der Waals surface area (Å²) in [5, 5.41) is 2.86. The van der Waals surface area contributed by atoms with Gasteiger partial charge in [-0.2, -0.15) is 0 Å². The molecular weight excluding hydrogens is 462 g/mol. The minimum Gasteiger partial charge on any atom is -0.383 e. The first-order valence-corrected chi connectivity index (χ1v) is 11.7. The average Bonchev–Trinajstić information content (AvgIpc) is 3.60. The van der Waals surface area contributed by atoms with Crippen LogP contribution in [0.25, 0.3) is 0 Å². The molecule has 0 bridgehead atoms. The van der Waals surface area contributed by atoms with Gasteiger partial charge in [0.05, 0.1) is 19.7 Å². The van der Waals surface area contributed by atoms with Gasteiger partial charge in [-0.05, 0) is 36.1 Å². The Morgan fingerprint density at radius 3 is 2.56 bits per heavy atom. The number of nitrogens with two attached hydrogens (primary N) is 1. The Morgan fingerprint density at radius 2 is 1.89 bits per heavy atom. The third-order valence-electron chi connectivity index (χ3n) is 6.26. The summed E-state index contributed by atoms with van der Waals surface area (Å²) in [6, 6.07) is 15.6. The van der Waals surface area contributed by atoms with E-state index in [1.807, 2.05) is 37.3 Å². The molecule has 0 aliphatic heterocycles. The lowest BCUT2D eigenvalue weighted by atomic mass is 10.1. The van der Waals surface area contributed by atoms with Crippen molar-refractivity contribution in [2.24, 2.45) is 11.8 Å². The zero-order valence-electron chi connectivity index (χ0n) is 20.2. The molecule has 188 valence electrons. The van der Waals surface area contributed by atoms with Gasteiger partial charge < -0.3 is 15.8 Å². The monoisotopic (exact) mass is 491 g/mol. The second-order valence-corrected chi connectivity index (χ2v) is 8.90. The molecule has 1 fully saturated rings. The van der Waals surface area contributed by atoms with Gasteiger partial charge in [-0.15, -0.1) is 0 Å². The van der Waals surface area contributed by atoms with Crippen LogP contribution in [-0.2, 0) is 22.6 Å². The highest BCUT2D eigenvalue weighted by molar-refractivity contribution is 6.08. The number of ether oxygens (including phenoxy) is 1. The van der Waals surface area contributed by atoms with Gasteiger partial charge in [0, 0.05) is 24.3 Å². The maximum atomic E-state index is 13.8. The normalized spacial score (nSPS) is 16.4. The van der Waals surface area contributed by atoms with Crippen molar-refractivity contribution in [2.75, 3.05) is 29.7 Å². The van der Waals surface area contributed by atoms with E-state index in [4.69, 9.17) is 10.5 Å². The molecule has 10 heteroatoms. The number of carbonyl (C=O) groups excluding carboxylic acids is 2. The molecule has 1 aliphatic rings. The van der Waals surface area contributed by atoms with Crippen molar-refractivity contribution < 1.29 is 14.3 Å². The summed E-state index contributed by atoms with van der Waals surface area (Å²) in [7, 11) is 1.48. The van der Waals surface area contributed by atoms with E-state index in [2.05, 4.69) is 10.3 Å². The molecule has 0 saturated heterocycles. The first-order chi connectivity index (χ1) is 17.3. The molecule has 2 amide bonds. The highest BCUT2D eigenvalue weighted by Crippen LogP contribution is 2.38. The summed E-state index contributed by atoms with van der Waals surface area (Å²) < 4.78 is 6.21. The molecule has 2 atom stereocenters. The van der Waals surface area contributed by atoms with Crippen molar-refractivity contribution in [1.29, 1.82) is 0 Å². The van der Waals surface area contributed by atoms with Gasteiger partial charge in [0.15, 0.2) is 5.69 Å². The van der Waals surface area contributed by atoms with Gasteiger partial charge >= 0.3 is 5.69 Å². The van der Waals surface area contributed by atoms with E-state index in [1.165, 1.54) is 16.6 Å². The smallest absolute Gasteiger partial charge is 0.330 e. The first-order valence-electron chi connectivity index (χ1n) is 11.7. The van der Waals surface area contributed by atoms with E-state index in [-0.39, 0.29) is 48.6 Å². The van der Waals surface area contributed by atoms with Crippen LogP contribution in [-0.4, -0.2) is 35.1 Å². The highest BCUT2D eigenvalue weighted by Gasteiger charge is 2.39. The first kappa shape index (κ1) is 24.9. The molecule has 3 aromatic rings. The highest BCUT2D eigenvalue weighted by atomic mass is 16.5. The van der Waals surface area contributed by atoms with Gasteiger partial charge in [0.1, 0.15) is 5.82 Å². The number of aromatic amines is 1. The topological polar surface area (TPSA) is 140 Å². The lowest BCUT2D eigenvalue weighted by molar-refractivity contribution is -0.117. The summed E-state index contributed by atoms with van der Waals surface area (Å²) in [6.45, 7) is 2.33. The Hall–Kier alpha value is -4.18. The number of nitrogens with one attached hydrogen (secondary N) is 2. The number of hydrogen-bond donors (Lipinski definition) is 3. The van der Waals surface area contributed by atoms with Crippen LogP contribution in [0.1, 0.15) is 29.3 Å². The number of amides is 2. The molecule has 0 spiro atoms. The number of nitrogens with zero attached hydrogens (tertiary/aromatic N) is 2. The molecule has 2 aromatic carbocycles. The standard InChI is InChI=1S/C26H29N5O5/c1-16-13-20(16)23(32)28-19-10-6-9-18(14-19)25(34)31(15-17-7-4-3-5-8-17)21-22(27)30(11-12-36-2)26(35)29-24(21)33/h3-10,14,16,20H,11-13,15,27H2,1-2H3,(H,28,32)(H,29,33,35). The number of methoxy groups -OCH3 is 1. The van der Waals surface area contributed by atoms with Crippen LogP contribution >= 0.6 is 0 Å². The predicted octanol–water partition coefficient (Wildman–Crippen LogP) is 2.21. The maximum Gasteiger partial charge on any atom is 0.330 e. The van der Waals surface area contributed by atoms with Crippen molar-refractivity contribution in [1.82, 2.24) is 9.55 Å². The SMILES string of the molecule is COCCn1c(N)c(N(Cc2ccccc2)C(=O)c2cccc(NC(=O)C3CC3C)c2)c(=O)[nH]c1=O. The van der Waals surface area contributed by atoms with Gasteiger partial charge in [-0.25, -0.2) is 4.79 Å².